The number of aliphatic hydroxyl groups excluding tert-OH is 1. The zero-order chi connectivity index (χ0) is 12.6. The molecule has 0 aromatic carbocycles. The molecule has 0 aromatic rings. The molecule has 0 aliphatic carbocycles. The molecule has 1 amide bonds. The van der Waals surface area contributed by atoms with Crippen LogP contribution >= 0.6 is 0 Å². The number of nitrogens with two attached hydrogens (primary N) is 1. The average molecular weight is 230 g/mol. The number of amides is 1. The Labute approximate surface area is 98.6 Å². The predicted molar refractivity (Wildman–Crippen MR) is 65.9 cm³/mol. The molecule has 4 N–H and O–H groups in total. The second kappa shape index (κ2) is 8.53. The second-order valence-corrected chi connectivity index (χ2v) is 4.77. The van der Waals surface area contributed by atoms with Crippen molar-refractivity contribution >= 4 is 5.91 Å². The summed E-state index contributed by atoms with van der Waals surface area (Å²) in [5.41, 5.74) is 5.54. The summed E-state index contributed by atoms with van der Waals surface area (Å²) >= 11 is 0. The first kappa shape index (κ1) is 15.4. The summed E-state index contributed by atoms with van der Waals surface area (Å²) in [7, 11) is 0. The van der Waals surface area contributed by atoms with E-state index in [1.165, 1.54) is 0 Å². The molecule has 0 rings (SSSR count). The SMILES string of the molecule is CC(C)C(CCN)CCC(=O)N[C@H](C)CO. The Balaban J connectivity index is 3.87. The van der Waals surface area contributed by atoms with E-state index in [2.05, 4.69) is 19.2 Å². The van der Waals surface area contributed by atoms with E-state index >= 15 is 0 Å². The van der Waals surface area contributed by atoms with Crippen LogP contribution in [0.15, 0.2) is 0 Å². The van der Waals surface area contributed by atoms with Gasteiger partial charge in [-0.2, -0.15) is 0 Å². The lowest BCUT2D eigenvalue weighted by atomic mass is 9.88. The lowest BCUT2D eigenvalue weighted by Crippen LogP contribution is -2.35. The van der Waals surface area contributed by atoms with E-state index in [0.29, 0.717) is 24.8 Å². The van der Waals surface area contributed by atoms with Crippen molar-refractivity contribution in [3.8, 4) is 0 Å². The van der Waals surface area contributed by atoms with E-state index < -0.39 is 0 Å². The first-order chi connectivity index (χ1) is 7.51. The smallest absolute Gasteiger partial charge is 0.220 e. The van der Waals surface area contributed by atoms with Crippen molar-refractivity contribution in [2.75, 3.05) is 13.2 Å². The summed E-state index contributed by atoms with van der Waals surface area (Å²) in [6.07, 6.45) is 2.37. The number of carbonyl (C=O) groups is 1. The van der Waals surface area contributed by atoms with E-state index in [4.69, 9.17) is 10.8 Å². The molecule has 0 aliphatic heterocycles. The molecule has 16 heavy (non-hydrogen) atoms. The molecule has 0 radical (unpaired) electrons. The Morgan fingerprint density at radius 1 is 1.31 bits per heavy atom. The maximum Gasteiger partial charge on any atom is 0.220 e. The van der Waals surface area contributed by atoms with Crippen LogP contribution in [0.3, 0.4) is 0 Å². The van der Waals surface area contributed by atoms with Gasteiger partial charge in [0.1, 0.15) is 0 Å². The largest absolute Gasteiger partial charge is 0.394 e. The van der Waals surface area contributed by atoms with Gasteiger partial charge in [0.25, 0.3) is 0 Å². The van der Waals surface area contributed by atoms with Crippen molar-refractivity contribution in [3.63, 3.8) is 0 Å². The standard InChI is InChI=1S/C12H26N2O2/c1-9(2)11(6-7-13)4-5-12(16)14-10(3)8-15/h9-11,15H,4-8,13H2,1-3H3,(H,14,16)/t10-,11?/m1/s1. The van der Waals surface area contributed by atoms with Crippen molar-refractivity contribution in [3.05, 3.63) is 0 Å². The van der Waals surface area contributed by atoms with Gasteiger partial charge in [-0.1, -0.05) is 13.8 Å². The van der Waals surface area contributed by atoms with Crippen LogP contribution in [0.4, 0.5) is 0 Å². The normalized spacial score (nSPS) is 14.9. The number of hydrogen-bond acceptors (Lipinski definition) is 3. The lowest BCUT2D eigenvalue weighted by molar-refractivity contribution is -0.122. The first-order valence-electron chi connectivity index (χ1n) is 6.11. The number of rotatable bonds is 8. The second-order valence-electron chi connectivity index (χ2n) is 4.77. The van der Waals surface area contributed by atoms with Crippen LogP contribution in [-0.4, -0.2) is 30.2 Å². The minimum atomic E-state index is -0.153. The molecule has 2 atom stereocenters. The number of aliphatic hydroxyl groups is 1. The van der Waals surface area contributed by atoms with Gasteiger partial charge in [-0.05, 0) is 38.1 Å². The fourth-order valence-electron chi connectivity index (χ4n) is 1.73. The third-order valence-electron chi connectivity index (χ3n) is 2.90. The van der Waals surface area contributed by atoms with Crippen LogP contribution in [0.25, 0.3) is 0 Å². The summed E-state index contributed by atoms with van der Waals surface area (Å²) in [6, 6.07) is -0.153. The van der Waals surface area contributed by atoms with Gasteiger partial charge in [-0.25, -0.2) is 0 Å². The van der Waals surface area contributed by atoms with E-state index in [1.807, 2.05) is 0 Å². The van der Waals surface area contributed by atoms with Gasteiger partial charge in [0.15, 0.2) is 0 Å². The van der Waals surface area contributed by atoms with Crippen LogP contribution in [0.1, 0.15) is 40.0 Å². The van der Waals surface area contributed by atoms with Gasteiger partial charge in [0, 0.05) is 12.5 Å². The molecule has 96 valence electrons. The quantitative estimate of drug-likeness (QED) is 0.579. The van der Waals surface area contributed by atoms with Gasteiger partial charge in [0.2, 0.25) is 5.91 Å². The van der Waals surface area contributed by atoms with E-state index in [-0.39, 0.29) is 18.6 Å². The molecule has 0 fully saturated rings. The molecule has 4 nitrogen and oxygen atoms in total. The Morgan fingerprint density at radius 3 is 2.38 bits per heavy atom. The molecule has 0 bridgehead atoms. The zero-order valence-corrected chi connectivity index (χ0v) is 10.7. The zero-order valence-electron chi connectivity index (χ0n) is 10.7. The molecule has 0 saturated carbocycles. The van der Waals surface area contributed by atoms with Crippen molar-refractivity contribution in [2.24, 2.45) is 17.6 Å². The molecule has 0 spiro atoms. The van der Waals surface area contributed by atoms with Gasteiger partial charge >= 0.3 is 0 Å². The van der Waals surface area contributed by atoms with E-state index in [9.17, 15) is 4.79 Å². The summed E-state index contributed by atoms with van der Waals surface area (Å²) < 4.78 is 0. The first-order valence-corrected chi connectivity index (χ1v) is 6.11. The highest BCUT2D eigenvalue weighted by molar-refractivity contribution is 5.76. The maximum absolute atomic E-state index is 11.5. The highest BCUT2D eigenvalue weighted by atomic mass is 16.3. The fourth-order valence-corrected chi connectivity index (χ4v) is 1.73. The highest BCUT2D eigenvalue weighted by Crippen LogP contribution is 2.20. The topological polar surface area (TPSA) is 75.4 Å². The van der Waals surface area contributed by atoms with Crippen LogP contribution in [0.5, 0.6) is 0 Å². The Kier molecular flexibility index (Phi) is 8.21. The maximum atomic E-state index is 11.5. The van der Waals surface area contributed by atoms with Gasteiger partial charge in [0.05, 0.1) is 6.61 Å². The lowest BCUT2D eigenvalue weighted by Gasteiger charge is -2.20. The summed E-state index contributed by atoms with van der Waals surface area (Å²) in [5, 5.41) is 11.5. The number of hydrogen-bond donors (Lipinski definition) is 3. The Bertz CT molecular complexity index is 195. The molecule has 0 aliphatic rings. The minimum Gasteiger partial charge on any atom is -0.394 e. The third kappa shape index (κ3) is 6.80. The molecule has 0 aromatic heterocycles. The molecule has 4 heteroatoms. The average Bonchev–Trinajstić information content (AvgIpc) is 2.23. The number of nitrogens with one attached hydrogen (secondary N) is 1. The fraction of sp³-hybridized carbons (Fsp3) is 0.917. The van der Waals surface area contributed by atoms with Crippen molar-refractivity contribution < 1.29 is 9.90 Å². The Morgan fingerprint density at radius 2 is 1.94 bits per heavy atom. The van der Waals surface area contributed by atoms with Crippen LogP contribution in [0, 0.1) is 11.8 Å². The monoisotopic (exact) mass is 230 g/mol. The van der Waals surface area contributed by atoms with Crippen LogP contribution in [-0.2, 0) is 4.79 Å². The van der Waals surface area contributed by atoms with Crippen LogP contribution in [0.2, 0.25) is 0 Å². The summed E-state index contributed by atoms with van der Waals surface area (Å²) in [5.74, 6) is 1.09. The van der Waals surface area contributed by atoms with Gasteiger partial charge < -0.3 is 16.2 Å². The Hall–Kier alpha value is -0.610. The molecule has 0 saturated heterocycles. The van der Waals surface area contributed by atoms with E-state index in [0.717, 1.165) is 12.8 Å². The van der Waals surface area contributed by atoms with E-state index in [1.54, 1.807) is 6.92 Å². The number of carbonyl (C=O) groups excluding carboxylic acids is 1. The summed E-state index contributed by atoms with van der Waals surface area (Å²) in [4.78, 5) is 11.5. The third-order valence-corrected chi connectivity index (χ3v) is 2.90. The van der Waals surface area contributed by atoms with Crippen LogP contribution < -0.4 is 11.1 Å². The van der Waals surface area contributed by atoms with Crippen molar-refractivity contribution in [1.82, 2.24) is 5.32 Å². The molecule has 0 heterocycles. The highest BCUT2D eigenvalue weighted by Gasteiger charge is 2.15. The molecular formula is C12H26N2O2. The minimum absolute atomic E-state index is 0.0118. The molecule has 1 unspecified atom stereocenters. The molecular weight excluding hydrogens is 204 g/mol. The van der Waals surface area contributed by atoms with Crippen molar-refractivity contribution in [1.29, 1.82) is 0 Å². The van der Waals surface area contributed by atoms with Crippen molar-refractivity contribution in [2.45, 2.75) is 46.1 Å². The predicted octanol–water partition coefficient (Wildman–Crippen LogP) is 0.885. The summed E-state index contributed by atoms with van der Waals surface area (Å²) in [6.45, 7) is 6.78. The van der Waals surface area contributed by atoms with Gasteiger partial charge in [-0.3, -0.25) is 4.79 Å². The van der Waals surface area contributed by atoms with Gasteiger partial charge in [-0.15, -0.1) is 0 Å².